The Bertz CT molecular complexity index is 3910. The molecule has 332 valence electrons. The van der Waals surface area contributed by atoms with Gasteiger partial charge in [-0.1, -0.05) is 176 Å². The number of fused-ring (bicyclic) bond motifs is 7. The first-order valence-corrected chi connectivity index (χ1v) is 25.1. The maximum atomic E-state index is 2.57. The molecule has 11 aromatic carbocycles. The van der Waals surface area contributed by atoms with Crippen LogP contribution in [0, 0.1) is 0 Å². The number of aryl methyl sites for hydroxylation is 3. The highest BCUT2D eigenvalue weighted by Crippen LogP contribution is 2.51. The van der Waals surface area contributed by atoms with E-state index in [0.29, 0.717) is 0 Å². The second kappa shape index (κ2) is 16.6. The first-order chi connectivity index (χ1) is 34.7. The van der Waals surface area contributed by atoms with Gasteiger partial charge in [0.25, 0.3) is 0 Å². The van der Waals surface area contributed by atoms with E-state index in [-0.39, 0.29) is 0 Å². The van der Waals surface area contributed by atoms with Crippen LogP contribution in [-0.2, 0) is 19.3 Å². The van der Waals surface area contributed by atoms with Gasteiger partial charge in [-0.2, -0.15) is 0 Å². The third kappa shape index (κ3) is 6.70. The summed E-state index contributed by atoms with van der Waals surface area (Å²) in [4.78, 5) is 5.09. The molecule has 2 nitrogen and oxygen atoms in total. The van der Waals surface area contributed by atoms with E-state index in [1.807, 2.05) is 0 Å². The molecule has 0 amide bonds. The molecule has 0 saturated heterocycles. The molecule has 0 aromatic heterocycles. The van der Waals surface area contributed by atoms with Crippen molar-refractivity contribution in [3.8, 4) is 33.4 Å². The molecule has 2 heteroatoms. The second-order valence-electron chi connectivity index (χ2n) is 19.4. The van der Waals surface area contributed by atoms with Gasteiger partial charge in [0.1, 0.15) is 0 Å². The molecule has 0 bridgehead atoms. The molecule has 0 unspecified atom stereocenters. The van der Waals surface area contributed by atoms with Gasteiger partial charge in [0.15, 0.2) is 0 Å². The summed E-state index contributed by atoms with van der Waals surface area (Å²) in [6.45, 7) is 0. The van der Waals surface area contributed by atoms with Gasteiger partial charge in [-0.15, -0.1) is 0 Å². The Balaban J connectivity index is 1.08. The first kappa shape index (κ1) is 40.6. The van der Waals surface area contributed by atoms with Crippen LogP contribution in [0.4, 0.5) is 28.4 Å². The predicted molar refractivity (Wildman–Crippen MR) is 297 cm³/mol. The van der Waals surface area contributed by atoms with Crippen LogP contribution < -0.4 is 9.80 Å². The molecule has 0 radical (unpaired) electrons. The standard InChI is InChI=1S/C68H50N2/c1-2-20-53-42-54(37-30-45(53)14-1)46-28-35-52(36-29-46)67-59-40-38-56(70-65-26-11-6-18-50(65)33-34-51-19-7-12-27-66(51)70)44-62(59)68(58-23-13-21-47-15-3-8-22-57(47)58)60-41-39-55(43-61(60)67)69-63-24-9-4-16-48(63)31-32-49-17-5-10-25-64(49)69/h1-6,8-18,20-30,35-44H,7,19,31-34H2. The summed E-state index contributed by atoms with van der Waals surface area (Å²) in [5, 5.41) is 9.97. The number of allylic oxidation sites excluding steroid dienone is 3. The Morgan fingerprint density at radius 2 is 0.857 bits per heavy atom. The molecule has 0 spiro atoms. The molecular formula is C68H50N2. The number of hydrogen-bond acceptors (Lipinski definition) is 2. The van der Waals surface area contributed by atoms with Crippen molar-refractivity contribution >= 4 is 71.5 Å². The Labute approximate surface area is 409 Å². The summed E-state index contributed by atoms with van der Waals surface area (Å²) < 4.78 is 0. The number of benzene rings is 11. The highest BCUT2D eigenvalue weighted by Gasteiger charge is 2.28. The summed E-state index contributed by atoms with van der Waals surface area (Å²) in [7, 11) is 0. The zero-order valence-corrected chi connectivity index (χ0v) is 39.1. The highest BCUT2D eigenvalue weighted by molar-refractivity contribution is 6.24. The quantitative estimate of drug-likeness (QED) is 0.159. The fraction of sp³-hybridized carbons (Fsp3) is 0.0882. The summed E-state index contributed by atoms with van der Waals surface area (Å²) >= 11 is 0. The van der Waals surface area contributed by atoms with Crippen molar-refractivity contribution in [1.29, 1.82) is 0 Å². The van der Waals surface area contributed by atoms with Crippen molar-refractivity contribution in [2.75, 3.05) is 9.80 Å². The third-order valence-corrected chi connectivity index (χ3v) is 15.5. The van der Waals surface area contributed by atoms with Gasteiger partial charge in [0, 0.05) is 34.1 Å². The second-order valence-corrected chi connectivity index (χ2v) is 19.4. The first-order valence-electron chi connectivity index (χ1n) is 25.1. The number of nitrogens with zero attached hydrogens (tertiary/aromatic N) is 2. The number of para-hydroxylation sites is 3. The van der Waals surface area contributed by atoms with Crippen molar-refractivity contribution in [2.45, 2.75) is 38.5 Å². The molecule has 2 aliphatic heterocycles. The van der Waals surface area contributed by atoms with Crippen LogP contribution >= 0.6 is 0 Å². The molecule has 0 atom stereocenters. The zero-order valence-electron chi connectivity index (χ0n) is 39.1. The minimum atomic E-state index is 1.000. The molecular weight excluding hydrogens is 845 g/mol. The van der Waals surface area contributed by atoms with Gasteiger partial charge in [-0.3, -0.25) is 0 Å². The Hall–Kier alpha value is -8.46. The number of rotatable bonds is 5. The van der Waals surface area contributed by atoms with Crippen molar-refractivity contribution in [1.82, 2.24) is 0 Å². The van der Waals surface area contributed by atoms with Gasteiger partial charge in [0.2, 0.25) is 0 Å². The number of hydrogen-bond donors (Lipinski definition) is 0. The van der Waals surface area contributed by atoms with E-state index in [2.05, 4.69) is 240 Å². The van der Waals surface area contributed by atoms with Crippen molar-refractivity contribution in [3.63, 3.8) is 0 Å². The molecule has 3 aliphatic rings. The van der Waals surface area contributed by atoms with Crippen LogP contribution in [0.2, 0.25) is 0 Å². The van der Waals surface area contributed by atoms with Crippen molar-refractivity contribution in [2.24, 2.45) is 0 Å². The lowest BCUT2D eigenvalue weighted by Gasteiger charge is -2.30. The predicted octanol–water partition coefficient (Wildman–Crippen LogP) is 18.6. The Morgan fingerprint density at radius 1 is 0.314 bits per heavy atom. The van der Waals surface area contributed by atoms with Crippen LogP contribution in [-0.4, -0.2) is 0 Å². The van der Waals surface area contributed by atoms with E-state index in [0.717, 1.165) is 44.2 Å². The van der Waals surface area contributed by atoms with E-state index in [9.17, 15) is 0 Å². The van der Waals surface area contributed by atoms with E-state index in [1.165, 1.54) is 122 Å². The minimum absolute atomic E-state index is 1.000. The molecule has 0 N–H and O–H groups in total. The average molecular weight is 895 g/mol. The Morgan fingerprint density at radius 3 is 1.59 bits per heavy atom. The minimum Gasteiger partial charge on any atom is -0.310 e. The third-order valence-electron chi connectivity index (χ3n) is 15.5. The maximum Gasteiger partial charge on any atom is 0.0493 e. The van der Waals surface area contributed by atoms with E-state index in [1.54, 1.807) is 5.57 Å². The van der Waals surface area contributed by atoms with Gasteiger partial charge < -0.3 is 9.80 Å². The largest absolute Gasteiger partial charge is 0.310 e. The van der Waals surface area contributed by atoms with Crippen LogP contribution in [0.25, 0.3) is 76.5 Å². The monoisotopic (exact) mass is 894 g/mol. The lowest BCUT2D eigenvalue weighted by molar-refractivity contribution is 0.833. The molecule has 14 rings (SSSR count). The smallest absolute Gasteiger partial charge is 0.0493 e. The van der Waals surface area contributed by atoms with Crippen LogP contribution in [0.1, 0.15) is 36.0 Å². The van der Waals surface area contributed by atoms with Gasteiger partial charge in [0.05, 0.1) is 0 Å². The van der Waals surface area contributed by atoms with Crippen LogP contribution in [0.5, 0.6) is 0 Å². The fourth-order valence-corrected chi connectivity index (χ4v) is 12.1. The van der Waals surface area contributed by atoms with Crippen LogP contribution in [0.3, 0.4) is 0 Å². The zero-order chi connectivity index (χ0) is 46.1. The van der Waals surface area contributed by atoms with E-state index in [4.69, 9.17) is 0 Å². The lowest BCUT2D eigenvalue weighted by atomic mass is 9.84. The van der Waals surface area contributed by atoms with Crippen LogP contribution in [0.15, 0.2) is 242 Å². The molecule has 1 aliphatic carbocycles. The summed E-state index contributed by atoms with van der Waals surface area (Å²) in [5.41, 5.74) is 20.5. The van der Waals surface area contributed by atoms with Gasteiger partial charge in [-0.25, -0.2) is 0 Å². The maximum absolute atomic E-state index is 2.57. The summed E-state index contributed by atoms with van der Waals surface area (Å²) in [6, 6.07) is 82.3. The molecule has 0 saturated carbocycles. The molecule has 11 aromatic rings. The SMILES string of the molecule is C1=CC2=C(CC1)CCc1ccccc1N2c1ccc2c(-c3ccc(-c4ccc5ccccc5c4)cc3)c3cc(N4c5ccccc5CCc5ccccc54)ccc3c(-c3cccc4ccccc34)c2c1. The van der Waals surface area contributed by atoms with E-state index >= 15 is 0 Å². The fourth-order valence-electron chi connectivity index (χ4n) is 12.1. The summed E-state index contributed by atoms with van der Waals surface area (Å²) in [6.07, 6.45) is 11.1. The van der Waals surface area contributed by atoms with E-state index < -0.39 is 0 Å². The Kier molecular flexibility index (Phi) is 9.65. The van der Waals surface area contributed by atoms with Crippen molar-refractivity contribution in [3.05, 3.63) is 259 Å². The van der Waals surface area contributed by atoms with Crippen molar-refractivity contribution < 1.29 is 0 Å². The number of anilines is 5. The normalized spacial score (nSPS) is 14.3. The average Bonchev–Trinajstić information content (AvgIpc) is 3.70. The molecule has 0 fully saturated rings. The highest BCUT2D eigenvalue weighted by atomic mass is 15.2. The lowest BCUT2D eigenvalue weighted by Crippen LogP contribution is -2.18. The van der Waals surface area contributed by atoms with Gasteiger partial charge >= 0.3 is 0 Å². The molecule has 70 heavy (non-hydrogen) atoms. The topological polar surface area (TPSA) is 6.48 Å². The van der Waals surface area contributed by atoms with Gasteiger partial charge in [-0.05, 0) is 192 Å². The summed E-state index contributed by atoms with van der Waals surface area (Å²) in [5.74, 6) is 0. The molecule has 2 heterocycles.